The van der Waals surface area contributed by atoms with Crippen molar-refractivity contribution in [3.05, 3.63) is 0 Å². The normalized spacial score (nSPS) is 37.8. The van der Waals surface area contributed by atoms with Crippen molar-refractivity contribution in [2.24, 2.45) is 16.8 Å². The van der Waals surface area contributed by atoms with Gasteiger partial charge in [-0.15, -0.1) is 0 Å². The summed E-state index contributed by atoms with van der Waals surface area (Å²) in [5.41, 5.74) is 0. The van der Waals surface area contributed by atoms with Crippen molar-refractivity contribution in [1.29, 1.82) is 0 Å². The minimum Gasteiger partial charge on any atom is -0.351 e. The minimum atomic E-state index is 0.663. The summed E-state index contributed by atoms with van der Waals surface area (Å²) in [6.07, 6.45) is 0. The van der Waals surface area contributed by atoms with E-state index in [4.69, 9.17) is 0 Å². The number of hydrogen-bond acceptors (Lipinski definition) is 3. The predicted molar refractivity (Wildman–Crippen MR) is 67.4 cm³/mol. The summed E-state index contributed by atoms with van der Waals surface area (Å²) in [6, 6.07) is 0. The molecule has 2 heterocycles. The Morgan fingerprint density at radius 3 is 2.57 bits per heavy atom. The lowest BCUT2D eigenvalue weighted by atomic mass is 10.0. The van der Waals surface area contributed by atoms with Crippen LogP contribution in [0.15, 0.2) is 4.99 Å². The SMILES string of the molecule is CC1CN(C2=NCC(CBr)S2)CC1C. The van der Waals surface area contributed by atoms with E-state index in [1.54, 1.807) is 0 Å². The Morgan fingerprint density at radius 2 is 2.07 bits per heavy atom. The Labute approximate surface area is 98.7 Å². The van der Waals surface area contributed by atoms with Crippen LogP contribution in [-0.4, -0.2) is 40.3 Å². The zero-order valence-corrected chi connectivity index (χ0v) is 11.1. The number of alkyl halides is 1. The first kappa shape index (κ1) is 10.8. The van der Waals surface area contributed by atoms with Crippen molar-refractivity contribution in [2.75, 3.05) is 25.0 Å². The minimum absolute atomic E-state index is 0.663. The highest BCUT2D eigenvalue weighted by atomic mass is 79.9. The van der Waals surface area contributed by atoms with Gasteiger partial charge < -0.3 is 4.90 Å². The molecule has 0 bridgehead atoms. The second kappa shape index (κ2) is 4.44. The molecular weight excluding hydrogens is 260 g/mol. The lowest BCUT2D eigenvalue weighted by Gasteiger charge is -2.17. The first-order chi connectivity index (χ1) is 6.70. The van der Waals surface area contributed by atoms with Crippen molar-refractivity contribution < 1.29 is 0 Å². The Hall–Kier alpha value is 0.300. The molecule has 80 valence electrons. The molecule has 0 aromatic heterocycles. The van der Waals surface area contributed by atoms with Gasteiger partial charge >= 0.3 is 0 Å². The third kappa shape index (κ3) is 2.11. The molecule has 0 N–H and O–H groups in total. The lowest BCUT2D eigenvalue weighted by Crippen LogP contribution is -2.25. The second-order valence-corrected chi connectivity index (χ2v) is 6.29. The lowest BCUT2D eigenvalue weighted by molar-refractivity contribution is 0.494. The first-order valence-electron chi connectivity index (χ1n) is 5.22. The monoisotopic (exact) mass is 276 g/mol. The van der Waals surface area contributed by atoms with Gasteiger partial charge in [0, 0.05) is 23.7 Å². The van der Waals surface area contributed by atoms with Gasteiger partial charge in [-0.2, -0.15) is 0 Å². The van der Waals surface area contributed by atoms with Crippen LogP contribution in [0.3, 0.4) is 0 Å². The molecule has 0 spiro atoms. The van der Waals surface area contributed by atoms with E-state index in [2.05, 4.69) is 39.7 Å². The van der Waals surface area contributed by atoms with Crippen LogP contribution in [0.2, 0.25) is 0 Å². The average Bonchev–Trinajstić information content (AvgIpc) is 2.74. The molecule has 2 aliphatic rings. The number of halogens is 1. The molecule has 0 aliphatic carbocycles. The number of nitrogens with zero attached hydrogens (tertiary/aromatic N) is 2. The summed E-state index contributed by atoms with van der Waals surface area (Å²) < 4.78 is 0. The van der Waals surface area contributed by atoms with Crippen molar-refractivity contribution >= 4 is 32.9 Å². The summed E-state index contributed by atoms with van der Waals surface area (Å²) in [7, 11) is 0. The van der Waals surface area contributed by atoms with E-state index < -0.39 is 0 Å². The Morgan fingerprint density at radius 1 is 1.43 bits per heavy atom. The third-order valence-corrected chi connectivity index (χ3v) is 5.59. The third-order valence-electron chi connectivity index (χ3n) is 3.13. The number of likely N-dealkylation sites (tertiary alicyclic amines) is 1. The number of thioether (sulfide) groups is 1. The maximum absolute atomic E-state index is 4.61. The molecule has 2 rings (SSSR count). The smallest absolute Gasteiger partial charge is 0.159 e. The fourth-order valence-electron chi connectivity index (χ4n) is 1.94. The van der Waals surface area contributed by atoms with Crippen LogP contribution in [0.25, 0.3) is 0 Å². The Balaban J connectivity index is 1.92. The molecule has 4 heteroatoms. The first-order valence-corrected chi connectivity index (χ1v) is 7.23. The largest absolute Gasteiger partial charge is 0.351 e. The van der Waals surface area contributed by atoms with Gasteiger partial charge in [0.05, 0.1) is 6.54 Å². The summed E-state index contributed by atoms with van der Waals surface area (Å²) in [5, 5.41) is 3.01. The molecule has 14 heavy (non-hydrogen) atoms. The topological polar surface area (TPSA) is 15.6 Å². The van der Waals surface area contributed by atoms with Gasteiger partial charge in [0.1, 0.15) is 0 Å². The van der Waals surface area contributed by atoms with Crippen LogP contribution >= 0.6 is 27.7 Å². The molecule has 3 unspecified atom stereocenters. The molecular formula is C10H17BrN2S. The molecule has 2 aliphatic heterocycles. The maximum Gasteiger partial charge on any atom is 0.159 e. The zero-order chi connectivity index (χ0) is 10.1. The van der Waals surface area contributed by atoms with Gasteiger partial charge in [0.25, 0.3) is 0 Å². The fraction of sp³-hybridized carbons (Fsp3) is 0.900. The Bertz CT molecular complexity index is 234. The van der Waals surface area contributed by atoms with Crippen LogP contribution in [0.5, 0.6) is 0 Å². The van der Waals surface area contributed by atoms with Gasteiger partial charge in [-0.05, 0) is 11.8 Å². The summed E-state index contributed by atoms with van der Waals surface area (Å²) >= 11 is 5.46. The van der Waals surface area contributed by atoms with Gasteiger partial charge in [0.15, 0.2) is 5.17 Å². The molecule has 0 radical (unpaired) electrons. The standard InChI is InChI=1S/C10H17BrN2S/c1-7-5-13(6-8(7)2)10-12-4-9(3-11)14-10/h7-9H,3-6H2,1-2H3. The van der Waals surface area contributed by atoms with E-state index in [9.17, 15) is 0 Å². The van der Waals surface area contributed by atoms with E-state index in [0.29, 0.717) is 5.25 Å². The molecule has 2 nitrogen and oxygen atoms in total. The highest BCUT2D eigenvalue weighted by molar-refractivity contribution is 9.09. The van der Waals surface area contributed by atoms with Crippen LogP contribution in [-0.2, 0) is 0 Å². The van der Waals surface area contributed by atoms with Gasteiger partial charge in [-0.1, -0.05) is 41.5 Å². The van der Waals surface area contributed by atoms with Crippen LogP contribution in [0, 0.1) is 11.8 Å². The number of rotatable bonds is 1. The zero-order valence-electron chi connectivity index (χ0n) is 8.74. The van der Waals surface area contributed by atoms with E-state index in [-0.39, 0.29) is 0 Å². The quantitative estimate of drug-likeness (QED) is 0.684. The molecule has 3 atom stereocenters. The number of amidine groups is 1. The predicted octanol–water partition coefficient (Wildman–Crippen LogP) is 2.44. The summed E-state index contributed by atoms with van der Waals surface area (Å²) in [6.45, 7) is 8.06. The van der Waals surface area contributed by atoms with Crippen LogP contribution < -0.4 is 0 Å². The van der Waals surface area contributed by atoms with Crippen LogP contribution in [0.4, 0.5) is 0 Å². The van der Waals surface area contributed by atoms with E-state index in [1.165, 1.54) is 18.3 Å². The van der Waals surface area contributed by atoms with E-state index in [1.807, 2.05) is 11.8 Å². The summed E-state index contributed by atoms with van der Waals surface area (Å²) in [5.74, 6) is 1.64. The molecule has 0 amide bonds. The van der Waals surface area contributed by atoms with Gasteiger partial charge in [-0.25, -0.2) is 0 Å². The van der Waals surface area contributed by atoms with Crippen molar-refractivity contribution in [3.63, 3.8) is 0 Å². The second-order valence-electron chi connectivity index (χ2n) is 4.38. The Kier molecular flexibility index (Phi) is 3.42. The highest BCUT2D eigenvalue weighted by Gasteiger charge is 2.31. The molecule has 0 saturated carbocycles. The van der Waals surface area contributed by atoms with Gasteiger partial charge in [-0.3, -0.25) is 4.99 Å². The van der Waals surface area contributed by atoms with Crippen molar-refractivity contribution in [2.45, 2.75) is 19.1 Å². The van der Waals surface area contributed by atoms with E-state index >= 15 is 0 Å². The average molecular weight is 277 g/mol. The molecule has 0 aromatic carbocycles. The number of hydrogen-bond donors (Lipinski definition) is 0. The molecule has 0 aromatic rings. The fourth-order valence-corrected chi connectivity index (χ4v) is 3.50. The van der Waals surface area contributed by atoms with Gasteiger partial charge in [0.2, 0.25) is 0 Å². The highest BCUT2D eigenvalue weighted by Crippen LogP contribution is 2.30. The molecule has 1 saturated heterocycles. The molecule has 1 fully saturated rings. The van der Waals surface area contributed by atoms with Crippen LogP contribution in [0.1, 0.15) is 13.8 Å². The van der Waals surface area contributed by atoms with Crippen molar-refractivity contribution in [3.8, 4) is 0 Å². The van der Waals surface area contributed by atoms with Crippen molar-refractivity contribution in [1.82, 2.24) is 4.90 Å². The number of aliphatic imine (C=N–C) groups is 1. The summed E-state index contributed by atoms with van der Waals surface area (Å²) in [4.78, 5) is 7.08. The maximum atomic E-state index is 4.61. The van der Waals surface area contributed by atoms with E-state index in [0.717, 1.165) is 23.7 Å².